The van der Waals surface area contributed by atoms with Crippen LogP contribution < -0.4 is 10.2 Å². The topological polar surface area (TPSA) is 58.6 Å². The fourth-order valence-electron chi connectivity index (χ4n) is 2.84. The van der Waals surface area contributed by atoms with Crippen LogP contribution in [0.2, 0.25) is 0 Å². The van der Waals surface area contributed by atoms with Crippen LogP contribution in [-0.4, -0.2) is 37.6 Å². The summed E-state index contributed by atoms with van der Waals surface area (Å²) in [6, 6.07) is 8.20. The van der Waals surface area contributed by atoms with Crippen molar-refractivity contribution in [2.45, 2.75) is 45.6 Å². The zero-order valence-electron chi connectivity index (χ0n) is 15.2. The van der Waals surface area contributed by atoms with Crippen LogP contribution in [0.15, 0.2) is 30.3 Å². The lowest BCUT2D eigenvalue weighted by Crippen LogP contribution is -2.33. The van der Waals surface area contributed by atoms with Gasteiger partial charge in [0.15, 0.2) is 6.61 Å². The van der Waals surface area contributed by atoms with Crippen molar-refractivity contribution < 1.29 is 14.3 Å². The van der Waals surface area contributed by atoms with Crippen LogP contribution in [0, 0.1) is 0 Å². The summed E-state index contributed by atoms with van der Waals surface area (Å²) in [6.07, 6.45) is 8.18. The van der Waals surface area contributed by atoms with Gasteiger partial charge in [0.2, 0.25) is 0 Å². The predicted octanol–water partition coefficient (Wildman–Crippen LogP) is 3.15. The highest BCUT2D eigenvalue weighted by Gasteiger charge is 2.09. The van der Waals surface area contributed by atoms with E-state index in [2.05, 4.69) is 22.3 Å². The first-order valence-electron chi connectivity index (χ1n) is 9.04. The molecule has 0 spiro atoms. The Hall–Kier alpha value is -2.30. The number of nitrogens with zero attached hydrogens (tertiary/aromatic N) is 1. The molecular weight excluding hydrogens is 316 g/mol. The fourth-order valence-corrected chi connectivity index (χ4v) is 2.84. The van der Waals surface area contributed by atoms with Crippen LogP contribution in [-0.2, 0) is 14.3 Å². The van der Waals surface area contributed by atoms with Gasteiger partial charge in [0.1, 0.15) is 0 Å². The maximum atomic E-state index is 11.7. The van der Waals surface area contributed by atoms with E-state index in [0.717, 1.165) is 18.7 Å². The van der Waals surface area contributed by atoms with Gasteiger partial charge >= 0.3 is 5.97 Å². The molecule has 5 nitrogen and oxygen atoms in total. The zero-order valence-corrected chi connectivity index (χ0v) is 15.2. The van der Waals surface area contributed by atoms with Gasteiger partial charge in [-0.05, 0) is 50.5 Å². The van der Waals surface area contributed by atoms with E-state index >= 15 is 0 Å². The first-order valence-corrected chi connectivity index (χ1v) is 9.04. The number of nitrogens with one attached hydrogen (secondary N) is 1. The number of anilines is 1. The van der Waals surface area contributed by atoms with E-state index in [9.17, 15) is 9.59 Å². The molecule has 0 aromatic heterocycles. The number of carbonyl (C=O) groups is 2. The van der Waals surface area contributed by atoms with Gasteiger partial charge in [-0.1, -0.05) is 25.0 Å². The number of esters is 1. The molecule has 1 amide bonds. The molecule has 5 heteroatoms. The van der Waals surface area contributed by atoms with Gasteiger partial charge in [-0.15, -0.1) is 0 Å². The Morgan fingerprint density at radius 2 is 1.76 bits per heavy atom. The van der Waals surface area contributed by atoms with Gasteiger partial charge in [0, 0.05) is 30.9 Å². The summed E-state index contributed by atoms with van der Waals surface area (Å²) in [5, 5.41) is 2.67. The Morgan fingerprint density at radius 3 is 2.36 bits per heavy atom. The number of benzene rings is 1. The summed E-state index contributed by atoms with van der Waals surface area (Å²) < 4.78 is 4.91. The second-order valence-electron chi connectivity index (χ2n) is 6.66. The highest BCUT2D eigenvalue weighted by molar-refractivity contribution is 5.89. The van der Waals surface area contributed by atoms with Crippen LogP contribution in [0.4, 0.5) is 5.69 Å². The van der Waals surface area contributed by atoms with Crippen LogP contribution in [0.5, 0.6) is 0 Å². The molecule has 0 unspecified atom stereocenters. The molecule has 1 aromatic carbocycles. The highest BCUT2D eigenvalue weighted by atomic mass is 16.5. The second kappa shape index (κ2) is 9.87. The predicted molar refractivity (Wildman–Crippen MR) is 100 cm³/mol. The molecule has 136 valence electrons. The number of rotatable bonds is 6. The third-order valence-corrected chi connectivity index (χ3v) is 4.07. The number of ether oxygens (including phenoxy) is 1. The fraction of sp³-hybridized carbons (Fsp3) is 0.500. The number of amides is 1. The average molecular weight is 344 g/mol. The van der Waals surface area contributed by atoms with Gasteiger partial charge < -0.3 is 15.0 Å². The Bertz CT molecular complexity index is 585. The van der Waals surface area contributed by atoms with Crippen molar-refractivity contribution in [1.82, 2.24) is 5.32 Å². The van der Waals surface area contributed by atoms with Crippen molar-refractivity contribution in [3.63, 3.8) is 0 Å². The summed E-state index contributed by atoms with van der Waals surface area (Å²) >= 11 is 0. The van der Waals surface area contributed by atoms with Crippen molar-refractivity contribution in [2.24, 2.45) is 0 Å². The van der Waals surface area contributed by atoms with Crippen LogP contribution in [0.25, 0.3) is 6.08 Å². The van der Waals surface area contributed by atoms with Crippen molar-refractivity contribution in [3.05, 3.63) is 35.9 Å². The molecule has 0 bridgehead atoms. The second-order valence-corrected chi connectivity index (χ2v) is 6.66. The molecule has 1 N–H and O–H groups in total. The largest absolute Gasteiger partial charge is 0.452 e. The molecule has 1 heterocycles. The minimum Gasteiger partial charge on any atom is -0.452 e. The Labute approximate surface area is 150 Å². The quantitative estimate of drug-likeness (QED) is 0.636. The minimum absolute atomic E-state index is 0.0319. The Morgan fingerprint density at radius 1 is 1.12 bits per heavy atom. The van der Waals surface area contributed by atoms with Crippen molar-refractivity contribution in [1.29, 1.82) is 0 Å². The SMILES string of the molecule is CC(C)NC(=O)COC(=O)/C=C/c1ccc(N2CCCCCC2)cc1. The monoisotopic (exact) mass is 344 g/mol. The van der Waals surface area contributed by atoms with E-state index in [0.29, 0.717) is 0 Å². The van der Waals surface area contributed by atoms with Crippen molar-refractivity contribution in [2.75, 3.05) is 24.6 Å². The van der Waals surface area contributed by atoms with Gasteiger partial charge in [0.25, 0.3) is 5.91 Å². The Balaban J connectivity index is 1.82. The van der Waals surface area contributed by atoms with Crippen molar-refractivity contribution in [3.8, 4) is 0 Å². The average Bonchev–Trinajstić information content (AvgIpc) is 2.87. The van der Waals surface area contributed by atoms with Crippen LogP contribution in [0.3, 0.4) is 0 Å². The molecule has 1 saturated heterocycles. The molecule has 0 saturated carbocycles. The molecule has 1 aliphatic heterocycles. The van der Waals surface area contributed by atoms with E-state index < -0.39 is 5.97 Å². The molecule has 0 atom stereocenters. The Kier molecular flexibility index (Phi) is 7.51. The summed E-state index contributed by atoms with van der Waals surface area (Å²) in [5.41, 5.74) is 2.16. The maximum Gasteiger partial charge on any atom is 0.331 e. The van der Waals surface area contributed by atoms with Crippen molar-refractivity contribution >= 4 is 23.6 Å². The van der Waals surface area contributed by atoms with E-state index in [-0.39, 0.29) is 18.6 Å². The third-order valence-electron chi connectivity index (χ3n) is 4.07. The molecule has 0 radical (unpaired) electrons. The minimum atomic E-state index is -0.518. The molecule has 1 aliphatic rings. The summed E-state index contributed by atoms with van der Waals surface area (Å²) in [4.78, 5) is 25.5. The standard InChI is InChI=1S/C20H28N2O3/c1-16(2)21-19(23)15-25-20(24)12-9-17-7-10-18(11-8-17)22-13-5-3-4-6-14-22/h7-12,16H,3-6,13-15H2,1-2H3,(H,21,23)/b12-9+. The lowest BCUT2D eigenvalue weighted by molar-refractivity contribution is -0.143. The number of hydrogen-bond acceptors (Lipinski definition) is 4. The molecule has 1 aromatic rings. The van der Waals surface area contributed by atoms with Crippen LogP contribution >= 0.6 is 0 Å². The molecule has 1 fully saturated rings. The van der Waals surface area contributed by atoms with Crippen LogP contribution in [0.1, 0.15) is 45.1 Å². The molecule has 25 heavy (non-hydrogen) atoms. The highest BCUT2D eigenvalue weighted by Crippen LogP contribution is 2.20. The first kappa shape index (κ1) is 19.0. The lowest BCUT2D eigenvalue weighted by Gasteiger charge is -2.22. The summed E-state index contributed by atoms with van der Waals surface area (Å²) in [7, 11) is 0. The molecule has 0 aliphatic carbocycles. The van der Waals surface area contributed by atoms with E-state index in [1.807, 2.05) is 26.0 Å². The summed E-state index contributed by atoms with van der Waals surface area (Å²) in [6.45, 7) is 5.68. The van der Waals surface area contributed by atoms with Gasteiger partial charge in [-0.3, -0.25) is 4.79 Å². The molecule has 2 rings (SSSR count). The van der Waals surface area contributed by atoms with Gasteiger partial charge in [-0.25, -0.2) is 4.79 Å². The zero-order chi connectivity index (χ0) is 18.1. The van der Waals surface area contributed by atoms with E-state index in [1.54, 1.807) is 6.08 Å². The number of carbonyl (C=O) groups excluding carboxylic acids is 2. The first-order chi connectivity index (χ1) is 12.0. The lowest BCUT2D eigenvalue weighted by atomic mass is 10.1. The maximum absolute atomic E-state index is 11.7. The third kappa shape index (κ3) is 6.99. The smallest absolute Gasteiger partial charge is 0.331 e. The number of hydrogen-bond donors (Lipinski definition) is 1. The molecular formula is C20H28N2O3. The normalized spacial score (nSPS) is 15.2. The van der Waals surface area contributed by atoms with E-state index in [1.165, 1.54) is 37.4 Å². The van der Waals surface area contributed by atoms with Gasteiger partial charge in [-0.2, -0.15) is 0 Å². The van der Waals surface area contributed by atoms with E-state index in [4.69, 9.17) is 4.74 Å². The van der Waals surface area contributed by atoms with Gasteiger partial charge in [0.05, 0.1) is 0 Å². The summed E-state index contributed by atoms with van der Waals surface area (Å²) in [5.74, 6) is -0.811.